The Morgan fingerprint density at radius 1 is 1.38 bits per heavy atom. The zero-order chi connectivity index (χ0) is 15.5. The first kappa shape index (κ1) is 15.8. The normalized spacial score (nSPS) is 22.0. The topological polar surface area (TPSA) is 79.4 Å². The molecule has 0 spiro atoms. The van der Waals surface area contributed by atoms with Crippen molar-refractivity contribution in [2.24, 2.45) is 0 Å². The van der Waals surface area contributed by atoms with Crippen LogP contribution < -0.4 is 5.32 Å². The molecule has 116 valence electrons. The fourth-order valence-electron chi connectivity index (χ4n) is 2.80. The van der Waals surface area contributed by atoms with Crippen molar-refractivity contribution in [1.82, 2.24) is 15.2 Å². The number of sulfone groups is 1. The molecule has 1 saturated carbocycles. The van der Waals surface area contributed by atoms with Gasteiger partial charge in [-0.1, -0.05) is 0 Å². The van der Waals surface area contributed by atoms with Gasteiger partial charge < -0.3 is 10.2 Å². The van der Waals surface area contributed by atoms with Gasteiger partial charge in [0.05, 0.1) is 5.25 Å². The second-order valence-electron chi connectivity index (χ2n) is 5.49. The van der Waals surface area contributed by atoms with E-state index in [0.717, 1.165) is 18.4 Å². The fraction of sp³-hybridized carbons (Fsp3) is 0.571. The van der Waals surface area contributed by atoms with Crippen molar-refractivity contribution in [3.8, 4) is 0 Å². The van der Waals surface area contributed by atoms with Crippen LogP contribution in [0.1, 0.15) is 24.8 Å². The molecule has 1 aliphatic carbocycles. The molecule has 2 atom stereocenters. The molecule has 1 fully saturated rings. The first-order valence-corrected chi connectivity index (χ1v) is 8.93. The Hall–Kier alpha value is -1.63. The first-order valence-electron chi connectivity index (χ1n) is 6.98. The summed E-state index contributed by atoms with van der Waals surface area (Å²) >= 11 is 0. The van der Waals surface area contributed by atoms with E-state index in [1.165, 1.54) is 11.2 Å². The van der Waals surface area contributed by atoms with Gasteiger partial charge in [-0.15, -0.1) is 0 Å². The van der Waals surface area contributed by atoms with Gasteiger partial charge in [0.2, 0.25) is 0 Å². The number of hydrogen-bond acceptors (Lipinski definition) is 4. The second kappa shape index (κ2) is 6.43. The molecule has 21 heavy (non-hydrogen) atoms. The highest BCUT2D eigenvalue weighted by atomic mass is 32.2. The lowest BCUT2D eigenvalue weighted by Gasteiger charge is -2.29. The predicted molar refractivity (Wildman–Crippen MR) is 80.5 cm³/mol. The van der Waals surface area contributed by atoms with Crippen LogP contribution in [0.2, 0.25) is 0 Å². The molecule has 0 bridgehead atoms. The van der Waals surface area contributed by atoms with Gasteiger partial charge in [-0.05, 0) is 37.0 Å². The molecule has 0 aliphatic heterocycles. The van der Waals surface area contributed by atoms with E-state index >= 15 is 0 Å². The molecule has 7 heteroatoms. The summed E-state index contributed by atoms with van der Waals surface area (Å²) in [5.74, 6) is 0. The van der Waals surface area contributed by atoms with Crippen LogP contribution in [0.15, 0.2) is 24.5 Å². The number of carbonyl (C=O) groups is 1. The molecule has 1 aromatic rings. The lowest BCUT2D eigenvalue weighted by molar-refractivity contribution is 0.191. The number of amides is 2. The Morgan fingerprint density at radius 3 is 2.67 bits per heavy atom. The molecule has 1 N–H and O–H groups in total. The number of rotatable bonds is 4. The van der Waals surface area contributed by atoms with Crippen molar-refractivity contribution in [3.63, 3.8) is 0 Å². The highest BCUT2D eigenvalue weighted by Crippen LogP contribution is 2.28. The number of urea groups is 1. The van der Waals surface area contributed by atoms with E-state index in [9.17, 15) is 13.2 Å². The molecule has 2 amide bonds. The van der Waals surface area contributed by atoms with Gasteiger partial charge in [0.15, 0.2) is 9.84 Å². The molecule has 1 heterocycles. The van der Waals surface area contributed by atoms with Gasteiger partial charge in [0.1, 0.15) is 0 Å². The van der Waals surface area contributed by atoms with E-state index in [2.05, 4.69) is 10.3 Å². The summed E-state index contributed by atoms with van der Waals surface area (Å²) in [6.07, 6.45) is 6.79. The molecule has 2 rings (SSSR count). The summed E-state index contributed by atoms with van der Waals surface area (Å²) in [5, 5.41) is 2.36. The minimum Gasteiger partial charge on any atom is -0.334 e. The largest absolute Gasteiger partial charge is 0.334 e. The van der Waals surface area contributed by atoms with Crippen LogP contribution in [-0.2, 0) is 16.4 Å². The maximum atomic E-state index is 12.2. The molecule has 0 unspecified atom stereocenters. The third-order valence-corrected chi connectivity index (χ3v) is 5.63. The minimum atomic E-state index is -3.13. The van der Waals surface area contributed by atoms with Crippen molar-refractivity contribution in [1.29, 1.82) is 0 Å². The Kier molecular flexibility index (Phi) is 4.82. The van der Waals surface area contributed by atoms with Crippen LogP contribution >= 0.6 is 0 Å². The Labute approximate surface area is 125 Å². The van der Waals surface area contributed by atoms with E-state index in [1.54, 1.807) is 19.4 Å². The predicted octanol–water partition coefficient (Wildman–Crippen LogP) is 1.19. The van der Waals surface area contributed by atoms with Gasteiger partial charge in [-0.3, -0.25) is 4.98 Å². The van der Waals surface area contributed by atoms with Crippen LogP contribution in [0.4, 0.5) is 4.79 Å². The highest BCUT2D eigenvalue weighted by molar-refractivity contribution is 7.91. The lowest BCUT2D eigenvalue weighted by atomic mass is 10.2. The molecule has 6 nitrogen and oxygen atoms in total. The number of hydrogen-bond donors (Lipinski definition) is 1. The standard InChI is InChI=1S/C14H21N3O3S/c1-17(12-4-3-5-13(12)21(2,19)20)14(18)16-10-11-6-8-15-9-7-11/h6-9,12-13H,3-5,10H2,1-2H3,(H,16,18)/t12-,13-/m0/s1. The van der Waals surface area contributed by atoms with E-state index in [1.807, 2.05) is 12.1 Å². The lowest BCUT2D eigenvalue weighted by Crippen LogP contribution is -2.48. The van der Waals surface area contributed by atoms with Gasteiger partial charge in [-0.25, -0.2) is 13.2 Å². The third kappa shape index (κ3) is 3.93. The van der Waals surface area contributed by atoms with Crippen molar-refractivity contribution in [2.75, 3.05) is 13.3 Å². The maximum absolute atomic E-state index is 12.2. The molecule has 1 aliphatic rings. The van der Waals surface area contributed by atoms with Gasteiger partial charge in [0, 0.05) is 38.3 Å². The average Bonchev–Trinajstić information content (AvgIpc) is 2.94. The Balaban J connectivity index is 1.96. The summed E-state index contributed by atoms with van der Waals surface area (Å²) in [7, 11) is -1.46. The third-order valence-electron chi connectivity index (χ3n) is 3.98. The first-order chi connectivity index (χ1) is 9.89. The van der Waals surface area contributed by atoms with E-state index in [-0.39, 0.29) is 12.1 Å². The zero-order valence-corrected chi connectivity index (χ0v) is 13.1. The minimum absolute atomic E-state index is 0.238. The van der Waals surface area contributed by atoms with Gasteiger partial charge in [-0.2, -0.15) is 0 Å². The van der Waals surface area contributed by atoms with Gasteiger partial charge >= 0.3 is 6.03 Å². The molecule has 0 aromatic carbocycles. The van der Waals surface area contributed by atoms with Crippen molar-refractivity contribution in [2.45, 2.75) is 37.1 Å². The van der Waals surface area contributed by atoms with Crippen molar-refractivity contribution in [3.05, 3.63) is 30.1 Å². The summed E-state index contributed by atoms with van der Waals surface area (Å²) in [6.45, 7) is 0.405. The van der Waals surface area contributed by atoms with Crippen LogP contribution in [0, 0.1) is 0 Å². The van der Waals surface area contributed by atoms with Gasteiger partial charge in [0.25, 0.3) is 0 Å². The summed E-state index contributed by atoms with van der Waals surface area (Å²) in [4.78, 5) is 17.6. The van der Waals surface area contributed by atoms with E-state index in [4.69, 9.17) is 0 Å². The van der Waals surface area contributed by atoms with E-state index < -0.39 is 15.1 Å². The zero-order valence-electron chi connectivity index (χ0n) is 12.3. The van der Waals surface area contributed by atoms with Crippen LogP contribution in [0.5, 0.6) is 0 Å². The second-order valence-corrected chi connectivity index (χ2v) is 7.76. The number of nitrogens with zero attached hydrogens (tertiary/aromatic N) is 2. The molecule has 0 saturated heterocycles. The number of carbonyl (C=O) groups excluding carboxylic acids is 1. The molecular formula is C14H21N3O3S. The summed E-state index contributed by atoms with van der Waals surface area (Å²) in [5.41, 5.74) is 0.956. The quantitative estimate of drug-likeness (QED) is 0.906. The monoisotopic (exact) mass is 311 g/mol. The number of nitrogens with one attached hydrogen (secondary N) is 1. The van der Waals surface area contributed by atoms with Crippen LogP contribution in [0.3, 0.4) is 0 Å². The molecule has 1 aromatic heterocycles. The van der Waals surface area contributed by atoms with Crippen LogP contribution in [0.25, 0.3) is 0 Å². The summed E-state index contributed by atoms with van der Waals surface area (Å²) in [6, 6.07) is 3.18. The van der Waals surface area contributed by atoms with Crippen LogP contribution in [-0.4, -0.2) is 48.9 Å². The number of aromatic nitrogens is 1. The summed E-state index contributed by atoms with van der Waals surface area (Å²) < 4.78 is 23.6. The average molecular weight is 311 g/mol. The maximum Gasteiger partial charge on any atom is 0.317 e. The van der Waals surface area contributed by atoms with E-state index in [0.29, 0.717) is 13.0 Å². The Bertz CT molecular complexity index is 589. The van der Waals surface area contributed by atoms with Crippen molar-refractivity contribution >= 4 is 15.9 Å². The fourth-order valence-corrected chi connectivity index (χ4v) is 4.29. The smallest absolute Gasteiger partial charge is 0.317 e. The van der Waals surface area contributed by atoms with Crippen molar-refractivity contribution < 1.29 is 13.2 Å². The highest BCUT2D eigenvalue weighted by Gasteiger charge is 2.38. The SMILES string of the molecule is CN(C(=O)NCc1ccncc1)[C@H]1CCC[C@@H]1S(C)(=O)=O. The molecule has 0 radical (unpaired) electrons. The number of pyridine rings is 1. The Morgan fingerprint density at radius 2 is 2.05 bits per heavy atom. The molecular weight excluding hydrogens is 290 g/mol.